The van der Waals surface area contributed by atoms with Gasteiger partial charge in [0.1, 0.15) is 0 Å². The third kappa shape index (κ3) is 6.26. The predicted molar refractivity (Wildman–Crippen MR) is 114 cm³/mol. The lowest BCUT2D eigenvalue weighted by Crippen LogP contribution is -2.41. The van der Waals surface area contributed by atoms with Crippen molar-refractivity contribution in [3.8, 4) is 0 Å². The van der Waals surface area contributed by atoms with Gasteiger partial charge in [-0.1, -0.05) is 27.7 Å². The van der Waals surface area contributed by atoms with E-state index in [-0.39, 0.29) is 23.8 Å². The van der Waals surface area contributed by atoms with E-state index in [0.717, 1.165) is 36.2 Å². The van der Waals surface area contributed by atoms with Crippen molar-refractivity contribution in [1.82, 2.24) is 4.90 Å². The molecular weight excluding hydrogens is 338 g/mol. The molecule has 1 unspecified atom stereocenters. The van der Waals surface area contributed by atoms with Gasteiger partial charge >= 0.3 is 0 Å². The van der Waals surface area contributed by atoms with Gasteiger partial charge in [-0.05, 0) is 49.9 Å². The fraction of sp³-hybridized carbons (Fsp3) is 0.636. The molecule has 0 radical (unpaired) electrons. The molecule has 0 saturated heterocycles. The first-order chi connectivity index (χ1) is 12.8. The number of nitrogens with one attached hydrogen (secondary N) is 1. The maximum Gasteiger partial charge on any atom is 0.226 e. The fourth-order valence-corrected chi connectivity index (χ4v) is 3.20. The van der Waals surface area contributed by atoms with Crippen molar-refractivity contribution < 1.29 is 9.59 Å². The van der Waals surface area contributed by atoms with Crippen LogP contribution in [0, 0.1) is 5.92 Å². The number of amides is 2. The van der Waals surface area contributed by atoms with Crippen LogP contribution in [0.25, 0.3) is 0 Å². The Bertz CT molecular complexity index is 624. The summed E-state index contributed by atoms with van der Waals surface area (Å²) >= 11 is 0. The quantitative estimate of drug-likeness (QED) is 0.647. The van der Waals surface area contributed by atoms with E-state index in [1.54, 1.807) is 0 Å². The molecule has 1 rings (SSSR count). The Morgan fingerprint density at radius 1 is 1.04 bits per heavy atom. The highest BCUT2D eigenvalue weighted by Gasteiger charge is 2.26. The van der Waals surface area contributed by atoms with Crippen molar-refractivity contribution in [3.63, 3.8) is 0 Å². The molecule has 5 heteroatoms. The van der Waals surface area contributed by atoms with Crippen molar-refractivity contribution >= 4 is 23.2 Å². The molecule has 0 bridgehead atoms. The van der Waals surface area contributed by atoms with Gasteiger partial charge in [-0.15, -0.1) is 0 Å². The van der Waals surface area contributed by atoms with E-state index in [2.05, 4.69) is 37.9 Å². The minimum atomic E-state index is -0.00885. The molecule has 0 aliphatic carbocycles. The van der Waals surface area contributed by atoms with Crippen LogP contribution >= 0.6 is 0 Å². The number of carbonyl (C=O) groups is 2. The first-order valence-electron chi connectivity index (χ1n) is 10.2. The summed E-state index contributed by atoms with van der Waals surface area (Å²) in [5, 5.41) is 2.93. The monoisotopic (exact) mass is 375 g/mol. The molecule has 5 nitrogen and oxygen atoms in total. The highest BCUT2D eigenvalue weighted by molar-refractivity contribution is 5.91. The molecule has 1 aromatic carbocycles. The molecule has 2 amide bonds. The molecule has 0 heterocycles. The average Bonchev–Trinajstić information content (AvgIpc) is 2.66. The van der Waals surface area contributed by atoms with Crippen molar-refractivity contribution in [3.05, 3.63) is 23.8 Å². The summed E-state index contributed by atoms with van der Waals surface area (Å²) in [5.41, 5.74) is 2.89. The second kappa shape index (κ2) is 11.0. The first kappa shape index (κ1) is 23.0. The normalized spacial score (nSPS) is 12.0. The zero-order valence-corrected chi connectivity index (χ0v) is 18.1. The third-order valence-corrected chi connectivity index (χ3v) is 5.25. The number of benzene rings is 1. The summed E-state index contributed by atoms with van der Waals surface area (Å²) in [4.78, 5) is 29.0. The zero-order valence-electron chi connectivity index (χ0n) is 18.1. The summed E-state index contributed by atoms with van der Waals surface area (Å²) < 4.78 is 0. The maximum atomic E-state index is 13.1. The van der Waals surface area contributed by atoms with Crippen molar-refractivity contribution in [1.29, 1.82) is 0 Å². The number of rotatable bonds is 10. The smallest absolute Gasteiger partial charge is 0.226 e. The van der Waals surface area contributed by atoms with Gasteiger partial charge in [0.15, 0.2) is 0 Å². The number of hydrogen-bond acceptors (Lipinski definition) is 3. The van der Waals surface area contributed by atoms with E-state index >= 15 is 0 Å². The minimum absolute atomic E-state index is 0.00885. The van der Waals surface area contributed by atoms with Crippen LogP contribution in [0.2, 0.25) is 0 Å². The fourth-order valence-electron chi connectivity index (χ4n) is 3.20. The molecule has 0 saturated carbocycles. The van der Waals surface area contributed by atoms with Crippen molar-refractivity contribution in [2.45, 2.75) is 72.9 Å². The lowest BCUT2D eigenvalue weighted by molar-refractivity contribution is -0.138. The lowest BCUT2D eigenvalue weighted by Gasteiger charge is -2.33. The van der Waals surface area contributed by atoms with E-state index in [1.807, 2.05) is 44.1 Å². The molecule has 152 valence electrons. The summed E-state index contributed by atoms with van der Waals surface area (Å²) in [7, 11) is 4.00. The van der Waals surface area contributed by atoms with E-state index < -0.39 is 0 Å². The Morgan fingerprint density at radius 2 is 1.67 bits per heavy atom. The summed E-state index contributed by atoms with van der Waals surface area (Å²) in [6.45, 7) is 10.8. The van der Waals surface area contributed by atoms with Gasteiger partial charge in [0.25, 0.3) is 0 Å². The van der Waals surface area contributed by atoms with Gasteiger partial charge in [0.05, 0.1) is 0 Å². The van der Waals surface area contributed by atoms with Gasteiger partial charge in [0, 0.05) is 50.4 Å². The lowest BCUT2D eigenvalue weighted by atomic mass is 9.99. The first-order valence-corrected chi connectivity index (χ1v) is 10.2. The largest absolute Gasteiger partial charge is 0.377 e. The molecule has 0 spiro atoms. The van der Waals surface area contributed by atoms with Crippen LogP contribution in [0.3, 0.4) is 0 Å². The Morgan fingerprint density at radius 3 is 2.15 bits per heavy atom. The number of anilines is 2. The van der Waals surface area contributed by atoms with Crippen LogP contribution in [0.4, 0.5) is 11.4 Å². The Labute approximate surface area is 165 Å². The highest BCUT2D eigenvalue weighted by atomic mass is 16.2. The molecule has 1 aromatic rings. The standard InChI is InChI=1S/C22H37N3O2/c1-8-16(5)25(22(27)17(9-2)10-3)15-18-14-19(23-21(26)11-4)12-13-20(18)24(6)7/h12-14,16-17H,8-11,15H2,1-7H3,(H,23,26). The van der Waals surface area contributed by atoms with Crippen LogP contribution in [-0.2, 0) is 16.1 Å². The molecule has 0 aliphatic heterocycles. The maximum absolute atomic E-state index is 13.1. The van der Waals surface area contributed by atoms with Gasteiger partial charge in [-0.25, -0.2) is 0 Å². The second-order valence-electron chi connectivity index (χ2n) is 7.38. The van der Waals surface area contributed by atoms with Crippen LogP contribution in [0.15, 0.2) is 18.2 Å². The zero-order chi connectivity index (χ0) is 20.6. The van der Waals surface area contributed by atoms with Gasteiger partial charge in [0.2, 0.25) is 11.8 Å². The molecule has 1 atom stereocenters. The van der Waals surface area contributed by atoms with Crippen molar-refractivity contribution in [2.75, 3.05) is 24.3 Å². The number of nitrogens with zero attached hydrogens (tertiary/aromatic N) is 2. The van der Waals surface area contributed by atoms with Gasteiger partial charge < -0.3 is 15.1 Å². The molecule has 0 fully saturated rings. The summed E-state index contributed by atoms with van der Waals surface area (Å²) in [6.07, 6.45) is 3.07. The molecule has 0 aromatic heterocycles. The Kier molecular flexibility index (Phi) is 9.33. The van der Waals surface area contributed by atoms with E-state index in [1.165, 1.54) is 0 Å². The van der Waals surface area contributed by atoms with Crippen LogP contribution in [-0.4, -0.2) is 36.9 Å². The molecule has 0 aliphatic rings. The minimum Gasteiger partial charge on any atom is -0.377 e. The van der Waals surface area contributed by atoms with Crippen LogP contribution in [0.5, 0.6) is 0 Å². The average molecular weight is 376 g/mol. The Hall–Kier alpha value is -2.04. The predicted octanol–water partition coefficient (Wildman–Crippen LogP) is 4.66. The van der Waals surface area contributed by atoms with E-state index in [0.29, 0.717) is 13.0 Å². The highest BCUT2D eigenvalue weighted by Crippen LogP contribution is 2.27. The van der Waals surface area contributed by atoms with Gasteiger partial charge in [-0.2, -0.15) is 0 Å². The van der Waals surface area contributed by atoms with Crippen molar-refractivity contribution in [2.24, 2.45) is 5.92 Å². The second-order valence-corrected chi connectivity index (χ2v) is 7.38. The SMILES string of the molecule is CCC(=O)Nc1ccc(N(C)C)c(CN(C(=O)C(CC)CC)C(C)CC)c1. The topological polar surface area (TPSA) is 52.7 Å². The Balaban J connectivity index is 3.26. The van der Waals surface area contributed by atoms with Crippen LogP contribution < -0.4 is 10.2 Å². The molecule has 1 N–H and O–H groups in total. The van der Waals surface area contributed by atoms with E-state index in [4.69, 9.17) is 0 Å². The van der Waals surface area contributed by atoms with Crippen LogP contribution in [0.1, 0.15) is 65.9 Å². The molecule has 27 heavy (non-hydrogen) atoms. The summed E-state index contributed by atoms with van der Waals surface area (Å²) in [6, 6.07) is 6.10. The van der Waals surface area contributed by atoms with Gasteiger partial charge in [-0.3, -0.25) is 9.59 Å². The molecular formula is C22H37N3O2. The third-order valence-electron chi connectivity index (χ3n) is 5.25. The van der Waals surface area contributed by atoms with E-state index in [9.17, 15) is 9.59 Å². The summed E-state index contributed by atoms with van der Waals surface area (Å²) in [5.74, 6) is 0.275. The number of carbonyl (C=O) groups excluding carboxylic acids is 2. The number of hydrogen-bond donors (Lipinski definition) is 1.